The molecule has 2 N–H and O–H groups in total. The van der Waals surface area contributed by atoms with Crippen LogP contribution in [0.4, 0.5) is 11.8 Å². The van der Waals surface area contributed by atoms with E-state index < -0.39 is 15.6 Å². The van der Waals surface area contributed by atoms with Crippen LogP contribution in [0.1, 0.15) is 58.8 Å². The fourth-order valence-corrected chi connectivity index (χ4v) is 7.13. The van der Waals surface area contributed by atoms with Crippen molar-refractivity contribution in [3.63, 3.8) is 0 Å². The number of aromatic amines is 1. The van der Waals surface area contributed by atoms with Crippen molar-refractivity contribution in [3.8, 4) is 11.6 Å². The third-order valence-electron chi connectivity index (χ3n) is 8.66. The fraction of sp³-hybridized carbons (Fsp3) is 0.720. The molecule has 3 aliphatic rings. The molecule has 0 bridgehead atoms. The zero-order chi connectivity index (χ0) is 26.4. The molecular weight excluding hydrogens is 508 g/mol. The molecule has 0 unspecified atom stereocenters. The summed E-state index contributed by atoms with van der Waals surface area (Å²) in [6, 6.07) is 0.202. The van der Waals surface area contributed by atoms with Gasteiger partial charge < -0.3 is 14.8 Å². The van der Waals surface area contributed by atoms with E-state index in [1.165, 1.54) is 32.1 Å². The van der Waals surface area contributed by atoms with Crippen LogP contribution in [-0.2, 0) is 16.4 Å². The summed E-state index contributed by atoms with van der Waals surface area (Å²) in [6.07, 6.45) is 8.31. The second-order valence-electron chi connectivity index (χ2n) is 11.4. The number of nitrogens with one attached hydrogen (secondary N) is 2. The third-order valence-corrected chi connectivity index (χ3v) is 10.3. The molecule has 206 valence electrons. The molecule has 4 heterocycles. The summed E-state index contributed by atoms with van der Waals surface area (Å²) >= 11 is 0. The quantitative estimate of drug-likeness (QED) is 0.454. The summed E-state index contributed by atoms with van der Waals surface area (Å²) in [5, 5.41) is 7.44. The number of fused-ring (bicyclic) bond motifs is 1. The first-order valence-corrected chi connectivity index (χ1v) is 15.6. The van der Waals surface area contributed by atoms with Crippen LogP contribution in [0.15, 0.2) is 9.32 Å². The van der Waals surface area contributed by atoms with Gasteiger partial charge in [-0.05, 0) is 50.4 Å². The highest BCUT2D eigenvalue weighted by atomic mass is 32.2. The van der Waals surface area contributed by atoms with Gasteiger partial charge >= 0.3 is 5.76 Å². The molecule has 0 aromatic carbocycles. The highest BCUT2D eigenvalue weighted by Gasteiger charge is 2.31. The SMILES string of the molecule is CC1CCC(Cn2c(N3CCS(=O)(=O)CC3)nc3nc(-c4noc(=O)[nH]4)nc(N[C@H](C)C4CCC4)c32)CC1. The van der Waals surface area contributed by atoms with Crippen LogP contribution in [-0.4, -0.2) is 68.7 Å². The number of nitrogens with zero attached hydrogens (tertiary/aromatic N) is 6. The van der Waals surface area contributed by atoms with E-state index in [0.29, 0.717) is 36.4 Å². The molecular formula is C25H36N8O4S. The molecule has 2 aliphatic carbocycles. The first kappa shape index (κ1) is 25.3. The van der Waals surface area contributed by atoms with Gasteiger partial charge in [-0.25, -0.2) is 23.2 Å². The number of hydrogen-bond acceptors (Lipinski definition) is 10. The smallest absolute Gasteiger partial charge is 0.365 e. The standard InChI is InChI=1S/C25H36N8O4S/c1-15-6-8-17(9-7-15)14-33-19-20(26-16(2)18-4-3-5-18)27-22(23-30-25(34)37-31-23)28-21(19)29-24(33)32-10-12-38(35,36)13-11-32/h15-18H,3-14H2,1-2H3,(H,26,27,28)(H,30,31,34)/t15?,16-,17?/m1/s1. The Morgan fingerprint density at radius 1 is 1.08 bits per heavy atom. The normalized spacial score (nSPS) is 24.8. The van der Waals surface area contributed by atoms with Crippen LogP contribution in [0.2, 0.25) is 0 Å². The molecule has 3 aromatic rings. The Bertz CT molecular complexity index is 1450. The zero-order valence-corrected chi connectivity index (χ0v) is 22.8. The minimum Gasteiger partial charge on any atom is -0.365 e. The van der Waals surface area contributed by atoms with Crippen molar-refractivity contribution in [2.24, 2.45) is 17.8 Å². The average molecular weight is 545 g/mol. The monoisotopic (exact) mass is 544 g/mol. The summed E-state index contributed by atoms with van der Waals surface area (Å²) < 4.78 is 31.3. The Hall–Kier alpha value is -2.96. The van der Waals surface area contributed by atoms with Crippen LogP contribution < -0.4 is 16.0 Å². The molecule has 3 aromatic heterocycles. The maximum Gasteiger partial charge on any atom is 0.439 e. The van der Waals surface area contributed by atoms with Crippen molar-refractivity contribution in [2.45, 2.75) is 71.4 Å². The second-order valence-corrected chi connectivity index (χ2v) is 13.7. The Labute approximate surface area is 221 Å². The Morgan fingerprint density at radius 2 is 1.82 bits per heavy atom. The van der Waals surface area contributed by atoms with E-state index in [4.69, 9.17) is 19.5 Å². The number of aromatic nitrogens is 6. The minimum absolute atomic E-state index is 0.109. The van der Waals surface area contributed by atoms with Gasteiger partial charge in [0.2, 0.25) is 17.6 Å². The van der Waals surface area contributed by atoms with Crippen LogP contribution in [0, 0.1) is 17.8 Å². The summed E-state index contributed by atoms with van der Waals surface area (Å²) in [4.78, 5) is 30.7. The molecule has 1 atom stereocenters. The van der Waals surface area contributed by atoms with E-state index >= 15 is 0 Å². The van der Waals surface area contributed by atoms with Crippen LogP contribution in [0.25, 0.3) is 22.8 Å². The Balaban J connectivity index is 1.46. The number of anilines is 2. The summed E-state index contributed by atoms with van der Waals surface area (Å²) in [5.41, 5.74) is 1.31. The maximum atomic E-state index is 12.2. The molecule has 2 saturated carbocycles. The number of hydrogen-bond donors (Lipinski definition) is 2. The van der Waals surface area contributed by atoms with Crippen LogP contribution >= 0.6 is 0 Å². The summed E-state index contributed by atoms with van der Waals surface area (Å²) in [6.45, 7) is 6.06. The lowest BCUT2D eigenvalue weighted by molar-refractivity contribution is 0.266. The summed E-state index contributed by atoms with van der Waals surface area (Å²) in [7, 11) is -3.04. The van der Waals surface area contributed by atoms with Crippen LogP contribution in [0.5, 0.6) is 0 Å². The number of imidazole rings is 1. The van der Waals surface area contributed by atoms with Gasteiger partial charge in [0.1, 0.15) is 5.52 Å². The lowest BCUT2D eigenvalue weighted by Crippen LogP contribution is -2.41. The maximum absolute atomic E-state index is 12.2. The average Bonchev–Trinajstić information content (AvgIpc) is 3.43. The number of H-pyrrole nitrogens is 1. The van der Waals surface area contributed by atoms with Gasteiger partial charge in [-0.3, -0.25) is 9.51 Å². The molecule has 3 fully saturated rings. The van der Waals surface area contributed by atoms with E-state index in [1.807, 2.05) is 0 Å². The van der Waals surface area contributed by atoms with E-state index in [9.17, 15) is 13.2 Å². The van der Waals surface area contributed by atoms with Crippen molar-refractivity contribution in [1.29, 1.82) is 0 Å². The molecule has 6 rings (SSSR count). The minimum atomic E-state index is -3.04. The molecule has 38 heavy (non-hydrogen) atoms. The van der Waals surface area contributed by atoms with Crippen molar-refractivity contribution in [3.05, 3.63) is 10.6 Å². The molecule has 13 heteroatoms. The van der Waals surface area contributed by atoms with Crippen molar-refractivity contribution < 1.29 is 12.9 Å². The van der Waals surface area contributed by atoms with E-state index in [2.05, 4.69) is 38.8 Å². The van der Waals surface area contributed by atoms with Gasteiger partial charge in [0, 0.05) is 25.7 Å². The molecule has 0 amide bonds. The van der Waals surface area contributed by atoms with Crippen molar-refractivity contribution in [2.75, 3.05) is 34.8 Å². The van der Waals surface area contributed by atoms with Gasteiger partial charge in [0.25, 0.3) is 0 Å². The molecule has 0 radical (unpaired) electrons. The lowest BCUT2D eigenvalue weighted by Gasteiger charge is -2.33. The molecule has 1 aliphatic heterocycles. The lowest BCUT2D eigenvalue weighted by atomic mass is 9.80. The third kappa shape index (κ3) is 5.04. The van der Waals surface area contributed by atoms with Crippen molar-refractivity contribution in [1.82, 2.24) is 29.7 Å². The molecule has 0 spiro atoms. The molecule has 1 saturated heterocycles. The van der Waals surface area contributed by atoms with E-state index in [-0.39, 0.29) is 29.2 Å². The molecule has 12 nitrogen and oxygen atoms in total. The highest BCUT2D eigenvalue weighted by Crippen LogP contribution is 2.36. The van der Waals surface area contributed by atoms with Gasteiger partial charge in [-0.15, -0.1) is 0 Å². The van der Waals surface area contributed by atoms with Gasteiger partial charge in [-0.1, -0.05) is 31.3 Å². The first-order valence-electron chi connectivity index (χ1n) is 13.8. The first-order chi connectivity index (χ1) is 18.3. The summed E-state index contributed by atoms with van der Waals surface area (Å²) in [5.74, 6) is 3.12. The topological polar surface area (TPSA) is 152 Å². The Morgan fingerprint density at radius 3 is 2.45 bits per heavy atom. The predicted molar refractivity (Wildman–Crippen MR) is 144 cm³/mol. The predicted octanol–water partition coefficient (Wildman–Crippen LogP) is 2.83. The van der Waals surface area contributed by atoms with Gasteiger partial charge in [-0.2, -0.15) is 4.98 Å². The zero-order valence-electron chi connectivity index (χ0n) is 22.0. The highest BCUT2D eigenvalue weighted by molar-refractivity contribution is 7.91. The van der Waals surface area contributed by atoms with Gasteiger partial charge in [0.15, 0.2) is 21.3 Å². The van der Waals surface area contributed by atoms with E-state index in [0.717, 1.165) is 36.8 Å². The number of rotatable bonds is 7. The second kappa shape index (κ2) is 9.97. The van der Waals surface area contributed by atoms with Crippen molar-refractivity contribution >= 4 is 32.8 Å². The van der Waals surface area contributed by atoms with E-state index in [1.54, 1.807) is 0 Å². The fourth-order valence-electron chi connectivity index (χ4n) is 5.93. The Kier molecular flexibility index (Phi) is 6.65. The van der Waals surface area contributed by atoms with Crippen LogP contribution in [0.3, 0.4) is 0 Å². The number of sulfone groups is 1. The van der Waals surface area contributed by atoms with Gasteiger partial charge in [0.05, 0.1) is 11.5 Å². The largest absolute Gasteiger partial charge is 0.439 e.